The lowest BCUT2D eigenvalue weighted by Gasteiger charge is -2.35. The first-order valence-corrected chi connectivity index (χ1v) is 46.1. The maximum atomic E-state index is 2.51. The van der Waals surface area contributed by atoms with Crippen LogP contribution in [0, 0.1) is 41.5 Å². The monoisotopic (exact) mass is 1700 g/mol. The quantitative estimate of drug-likeness (QED) is 0.0758. The first-order chi connectivity index (χ1) is 63.2. The van der Waals surface area contributed by atoms with Gasteiger partial charge in [-0.3, -0.25) is 0 Å². The Labute approximate surface area is 772 Å². The number of para-hydroxylation sites is 11. The Bertz CT molecular complexity index is 6390. The van der Waals surface area contributed by atoms with Crippen LogP contribution in [0.1, 0.15) is 137 Å². The van der Waals surface area contributed by atoms with Crippen LogP contribution in [0.4, 0.5) is 73.9 Å². The molecule has 0 aliphatic heterocycles. The van der Waals surface area contributed by atoms with Gasteiger partial charge in [0.25, 0.3) is 0 Å². The van der Waals surface area contributed by atoms with Gasteiger partial charge in [0, 0.05) is 119 Å². The molecular formula is C123H123N7. The summed E-state index contributed by atoms with van der Waals surface area (Å²) < 4.78 is 4.74. The Hall–Kier alpha value is -14.7. The van der Waals surface area contributed by atoms with Crippen molar-refractivity contribution in [2.24, 2.45) is 0 Å². The molecule has 650 valence electrons. The van der Waals surface area contributed by atoms with Crippen LogP contribution in [0.25, 0.3) is 55.0 Å². The molecule has 0 N–H and O–H groups in total. The zero-order valence-corrected chi connectivity index (χ0v) is 78.4. The summed E-state index contributed by atoms with van der Waals surface area (Å²) in [5.74, 6) is 1.55. The molecule has 0 spiro atoms. The zero-order chi connectivity index (χ0) is 90.9. The van der Waals surface area contributed by atoms with Gasteiger partial charge < -0.3 is 33.6 Å². The minimum atomic E-state index is 0.295. The van der Waals surface area contributed by atoms with Gasteiger partial charge in [-0.1, -0.05) is 301 Å². The van der Waals surface area contributed by atoms with Gasteiger partial charge in [0.1, 0.15) is 0 Å². The molecule has 7 heteroatoms. The summed E-state index contributed by atoms with van der Waals surface area (Å²) in [6.45, 7) is 35.7. The highest BCUT2D eigenvalue weighted by Crippen LogP contribution is 2.44. The highest BCUT2D eigenvalue weighted by molar-refractivity contribution is 6.10. The maximum Gasteiger partial charge on any atom is 0.0541 e. The SMILES string of the molecule is CC(C)N(c1ccc(-n2c3ccccc3c3ccccc32)cc1)c1ccc(-n2c3ccccc3c3ccccc32)cc1.CC(C)c1ccc(N(c2ccccc2)c2ccccc2)cc1.CC(C)c1cccc(N(c2ccccc2)c2ccccc2)c1.CC(C)c1ccccc1N(c1ccccc1)c1ccccc1.Cc1cc(C)c(N(c2c(C)cc(C)cc2C)C(C)C)c(C)c1. The largest absolute Gasteiger partial charge is 0.339 e. The molecule has 2 heterocycles. The van der Waals surface area contributed by atoms with Crippen molar-refractivity contribution in [2.45, 2.75) is 141 Å². The third-order valence-corrected chi connectivity index (χ3v) is 24.2. The van der Waals surface area contributed by atoms with E-state index in [-0.39, 0.29) is 0 Å². The number of hydrogen-bond acceptors (Lipinski definition) is 5. The molecule has 0 aliphatic carbocycles. The molecule has 0 aliphatic rings. The summed E-state index contributed by atoms with van der Waals surface area (Å²) >= 11 is 0. The van der Waals surface area contributed by atoms with Crippen LogP contribution in [-0.2, 0) is 0 Å². The van der Waals surface area contributed by atoms with Crippen molar-refractivity contribution in [3.8, 4) is 11.4 Å². The zero-order valence-electron chi connectivity index (χ0n) is 78.4. The van der Waals surface area contributed by atoms with Crippen molar-refractivity contribution in [1.29, 1.82) is 0 Å². The van der Waals surface area contributed by atoms with E-state index < -0.39 is 0 Å². The van der Waals surface area contributed by atoms with Crippen molar-refractivity contribution >= 4 is 118 Å². The highest BCUT2D eigenvalue weighted by Gasteiger charge is 2.25. The fourth-order valence-electron chi connectivity index (χ4n) is 18.4. The number of nitrogens with zero attached hydrogens (tertiary/aromatic N) is 7. The molecule has 0 saturated carbocycles. The van der Waals surface area contributed by atoms with Crippen molar-refractivity contribution < 1.29 is 0 Å². The Kier molecular flexibility index (Phi) is 29.0. The van der Waals surface area contributed by atoms with Crippen molar-refractivity contribution in [3.63, 3.8) is 0 Å². The van der Waals surface area contributed by atoms with Crippen LogP contribution in [0.3, 0.4) is 0 Å². The Morgan fingerprint density at radius 2 is 0.469 bits per heavy atom. The lowest BCUT2D eigenvalue weighted by molar-refractivity contribution is 0.778. The molecule has 7 nitrogen and oxygen atoms in total. The number of aromatic nitrogens is 2. The van der Waals surface area contributed by atoms with Crippen LogP contribution < -0.4 is 24.5 Å². The molecule has 19 rings (SSSR count). The number of benzene rings is 17. The number of fused-ring (bicyclic) bond motifs is 6. The number of hydrogen-bond donors (Lipinski definition) is 0. The van der Waals surface area contributed by atoms with E-state index in [1.807, 2.05) is 0 Å². The molecule has 0 atom stereocenters. The van der Waals surface area contributed by atoms with Crippen LogP contribution in [0.2, 0.25) is 0 Å². The van der Waals surface area contributed by atoms with Gasteiger partial charge in [-0.25, -0.2) is 0 Å². The molecule has 19 aromatic rings. The van der Waals surface area contributed by atoms with E-state index in [4.69, 9.17) is 0 Å². The van der Waals surface area contributed by atoms with E-state index in [1.165, 1.54) is 179 Å². The van der Waals surface area contributed by atoms with Crippen molar-refractivity contribution in [3.05, 3.63) is 475 Å². The first kappa shape index (κ1) is 90.1. The number of rotatable bonds is 20. The van der Waals surface area contributed by atoms with Crippen molar-refractivity contribution in [2.75, 3.05) is 24.5 Å². The van der Waals surface area contributed by atoms with E-state index in [9.17, 15) is 0 Å². The molecule has 130 heavy (non-hydrogen) atoms. The fraction of sp³-hybridized carbons (Fsp3) is 0.171. The van der Waals surface area contributed by atoms with Crippen LogP contribution in [0.5, 0.6) is 0 Å². The van der Waals surface area contributed by atoms with Gasteiger partial charge >= 0.3 is 0 Å². The topological polar surface area (TPSA) is 26.1 Å². The average Bonchev–Trinajstić information content (AvgIpc) is 1.57. The Morgan fingerprint density at radius 3 is 0.785 bits per heavy atom. The van der Waals surface area contributed by atoms with Gasteiger partial charge in [0.05, 0.1) is 22.1 Å². The third-order valence-electron chi connectivity index (χ3n) is 24.2. The first-order valence-electron chi connectivity index (χ1n) is 46.1. The van der Waals surface area contributed by atoms with Gasteiger partial charge in [-0.05, 0) is 302 Å². The fourth-order valence-corrected chi connectivity index (χ4v) is 18.4. The standard InChI is InChI=1S/C39H31N3.3C21H21N.C21H29N/c1-27(2)40(28-19-23-30(24-20-28)41-36-15-7-3-11-32(36)33-12-4-8-16-37(33)41)29-21-25-31(26-22-29)42-38-17-9-5-13-34(38)35-14-6-10-18-39(35)42;1-17(2)18-10-9-15-21(16-18)22(19-11-5-3-6-12-19)20-13-7-4-8-14-20;1-17(2)20-15-9-10-16-21(20)22(18-11-5-3-6-12-18)19-13-7-4-8-14-19;1-17(2)18-13-15-21(16-14-18)22(19-9-5-3-6-10-19)20-11-7-4-8-12-20;1-13(2)22(20-16(5)9-14(3)10-17(20)6)21-18(7)11-15(4)12-19(21)8/h3-27H,1-2H3;3*3-17H,1-2H3;9-13H,1-8H3. The normalized spacial score (nSPS) is 11.1. The Balaban J connectivity index is 0.000000129. The van der Waals surface area contributed by atoms with E-state index in [1.54, 1.807) is 0 Å². The summed E-state index contributed by atoms with van der Waals surface area (Å²) in [5.41, 5.74) is 35.2. The smallest absolute Gasteiger partial charge is 0.0541 e. The summed E-state index contributed by atoms with van der Waals surface area (Å²) in [5, 5.41) is 5.13. The lowest BCUT2D eigenvalue weighted by atomic mass is 9.98. The van der Waals surface area contributed by atoms with Crippen LogP contribution in [-0.4, -0.2) is 21.2 Å². The molecule has 0 radical (unpaired) electrons. The second-order valence-corrected chi connectivity index (χ2v) is 35.4. The van der Waals surface area contributed by atoms with Gasteiger partial charge in [0.15, 0.2) is 0 Å². The molecule has 2 aromatic heterocycles. The highest BCUT2D eigenvalue weighted by atomic mass is 15.2. The summed E-state index contributed by atoms with van der Waals surface area (Å²) in [6.07, 6.45) is 0. The summed E-state index contributed by atoms with van der Waals surface area (Å²) in [6, 6.07) is 152. The minimum Gasteiger partial charge on any atom is -0.339 e. The Morgan fingerprint density at radius 1 is 0.200 bits per heavy atom. The molecule has 0 saturated heterocycles. The van der Waals surface area contributed by atoms with Gasteiger partial charge in [0.2, 0.25) is 0 Å². The lowest BCUT2D eigenvalue weighted by Crippen LogP contribution is -2.28. The second-order valence-electron chi connectivity index (χ2n) is 35.4. The third kappa shape index (κ3) is 20.5. The number of anilines is 13. The van der Waals surface area contributed by atoms with E-state index >= 15 is 0 Å². The van der Waals surface area contributed by atoms with E-state index in [2.05, 4.69) is 569 Å². The van der Waals surface area contributed by atoms with Crippen molar-refractivity contribution in [1.82, 2.24) is 9.13 Å². The maximum absolute atomic E-state index is 2.51. The molecule has 0 fully saturated rings. The molecular weight excluding hydrogens is 1580 g/mol. The minimum absolute atomic E-state index is 0.295. The number of aryl methyl sites for hydroxylation is 6. The summed E-state index contributed by atoms with van der Waals surface area (Å²) in [7, 11) is 0. The van der Waals surface area contributed by atoms with Gasteiger partial charge in [-0.2, -0.15) is 0 Å². The van der Waals surface area contributed by atoms with Crippen LogP contribution in [0.15, 0.2) is 425 Å². The molecule has 0 unspecified atom stereocenters. The molecule has 17 aromatic carbocycles. The van der Waals surface area contributed by atoms with E-state index in [0.717, 1.165) is 0 Å². The average molecular weight is 1700 g/mol. The predicted molar refractivity (Wildman–Crippen MR) is 563 cm³/mol. The second kappa shape index (κ2) is 41.9. The molecule has 0 bridgehead atoms. The predicted octanol–water partition coefficient (Wildman–Crippen LogP) is 35.4. The van der Waals surface area contributed by atoms with E-state index in [0.29, 0.717) is 29.8 Å². The van der Waals surface area contributed by atoms with Crippen LogP contribution >= 0.6 is 0 Å². The molecule has 0 amide bonds. The van der Waals surface area contributed by atoms with Gasteiger partial charge in [-0.15, -0.1) is 0 Å². The summed E-state index contributed by atoms with van der Waals surface area (Å²) in [4.78, 5) is 11.8.